The fourth-order valence-corrected chi connectivity index (χ4v) is 3.70. The number of hydrogen-bond acceptors (Lipinski definition) is 3. The van der Waals surface area contributed by atoms with Gasteiger partial charge in [0.2, 0.25) is 0 Å². The largest absolute Gasteiger partial charge is 0.481 e. The average molecular weight is 229 g/mol. The highest BCUT2D eigenvalue weighted by molar-refractivity contribution is 8.00. The standard InChI is InChI=1S/C11H19NO2S/c1-2-8-7-12(5-6-15-8)10-4-3-9(10)11(13)14/h8-10H,2-7H2,1H3,(H,13,14). The van der Waals surface area contributed by atoms with Gasteiger partial charge in [0.05, 0.1) is 5.92 Å². The zero-order chi connectivity index (χ0) is 10.8. The molecule has 1 N–H and O–H groups in total. The van der Waals surface area contributed by atoms with Crippen molar-refractivity contribution in [3.63, 3.8) is 0 Å². The minimum Gasteiger partial charge on any atom is -0.481 e. The molecule has 15 heavy (non-hydrogen) atoms. The van der Waals surface area contributed by atoms with Crippen LogP contribution in [0.15, 0.2) is 0 Å². The normalized spacial score (nSPS) is 37.3. The van der Waals surface area contributed by atoms with Crippen LogP contribution in [0.1, 0.15) is 26.2 Å². The van der Waals surface area contributed by atoms with Crippen molar-refractivity contribution in [1.29, 1.82) is 0 Å². The molecule has 2 aliphatic rings. The van der Waals surface area contributed by atoms with Gasteiger partial charge in [0.25, 0.3) is 0 Å². The summed E-state index contributed by atoms with van der Waals surface area (Å²) in [6.07, 6.45) is 3.16. The van der Waals surface area contributed by atoms with Crippen LogP contribution in [0.2, 0.25) is 0 Å². The number of aliphatic carboxylic acids is 1. The Morgan fingerprint density at radius 2 is 2.33 bits per heavy atom. The van der Waals surface area contributed by atoms with Crippen LogP contribution in [0.5, 0.6) is 0 Å². The van der Waals surface area contributed by atoms with E-state index in [1.54, 1.807) is 0 Å². The van der Waals surface area contributed by atoms with E-state index in [1.165, 1.54) is 12.2 Å². The summed E-state index contributed by atoms with van der Waals surface area (Å²) in [6, 6.07) is 0.331. The van der Waals surface area contributed by atoms with Gasteiger partial charge in [-0.2, -0.15) is 11.8 Å². The minimum absolute atomic E-state index is 0.0920. The fraction of sp³-hybridized carbons (Fsp3) is 0.909. The van der Waals surface area contributed by atoms with E-state index >= 15 is 0 Å². The first-order valence-electron chi connectivity index (χ1n) is 5.80. The number of nitrogens with zero attached hydrogens (tertiary/aromatic N) is 1. The van der Waals surface area contributed by atoms with Gasteiger partial charge in [0.1, 0.15) is 0 Å². The molecule has 1 aliphatic carbocycles. The van der Waals surface area contributed by atoms with Gasteiger partial charge in [-0.15, -0.1) is 0 Å². The first-order valence-corrected chi connectivity index (χ1v) is 6.85. The summed E-state index contributed by atoms with van der Waals surface area (Å²) >= 11 is 2.04. The van der Waals surface area contributed by atoms with Gasteiger partial charge >= 0.3 is 5.97 Å². The summed E-state index contributed by atoms with van der Waals surface area (Å²) < 4.78 is 0. The van der Waals surface area contributed by atoms with E-state index in [2.05, 4.69) is 11.8 Å². The molecule has 4 heteroatoms. The Morgan fingerprint density at radius 1 is 1.53 bits per heavy atom. The van der Waals surface area contributed by atoms with Crippen molar-refractivity contribution in [3.8, 4) is 0 Å². The maximum Gasteiger partial charge on any atom is 0.308 e. The third-order valence-corrected chi connectivity index (χ3v) is 5.02. The van der Waals surface area contributed by atoms with Gasteiger partial charge in [-0.3, -0.25) is 9.69 Å². The maximum atomic E-state index is 11.0. The molecule has 3 unspecified atom stereocenters. The lowest BCUT2D eigenvalue weighted by atomic mass is 9.78. The molecule has 0 aromatic carbocycles. The monoisotopic (exact) mass is 229 g/mol. The SMILES string of the molecule is CCC1CN(C2CCC2C(=O)O)CCS1. The van der Waals surface area contributed by atoms with Gasteiger partial charge in [-0.05, 0) is 19.3 Å². The molecule has 0 spiro atoms. The van der Waals surface area contributed by atoms with E-state index in [0.29, 0.717) is 11.3 Å². The van der Waals surface area contributed by atoms with E-state index in [0.717, 1.165) is 25.9 Å². The van der Waals surface area contributed by atoms with E-state index in [1.807, 2.05) is 11.8 Å². The second kappa shape index (κ2) is 4.74. The molecular weight excluding hydrogens is 210 g/mol. The topological polar surface area (TPSA) is 40.5 Å². The first-order chi connectivity index (χ1) is 7.22. The molecule has 0 amide bonds. The number of rotatable bonds is 3. The van der Waals surface area contributed by atoms with Crippen LogP contribution < -0.4 is 0 Å². The Bertz CT molecular complexity index is 247. The number of hydrogen-bond donors (Lipinski definition) is 1. The number of carboxylic acid groups (broad SMARTS) is 1. The molecule has 0 aromatic heterocycles. The van der Waals surface area contributed by atoms with E-state index < -0.39 is 5.97 Å². The van der Waals surface area contributed by atoms with Crippen LogP contribution in [-0.2, 0) is 4.79 Å². The zero-order valence-corrected chi connectivity index (χ0v) is 10.0. The second-order valence-electron chi connectivity index (χ2n) is 4.49. The van der Waals surface area contributed by atoms with Crippen LogP contribution in [0, 0.1) is 5.92 Å². The second-order valence-corrected chi connectivity index (χ2v) is 5.89. The molecule has 3 atom stereocenters. The van der Waals surface area contributed by atoms with Crippen LogP contribution >= 0.6 is 11.8 Å². The Balaban J connectivity index is 1.90. The maximum absolute atomic E-state index is 11.0. The van der Waals surface area contributed by atoms with Gasteiger partial charge in [-0.1, -0.05) is 6.92 Å². The third kappa shape index (κ3) is 2.31. The Labute approximate surface area is 95.2 Å². The highest BCUT2D eigenvalue weighted by Gasteiger charge is 2.41. The molecular formula is C11H19NO2S. The average Bonchev–Trinajstić information content (AvgIpc) is 2.15. The van der Waals surface area contributed by atoms with E-state index in [4.69, 9.17) is 5.11 Å². The van der Waals surface area contributed by atoms with E-state index in [9.17, 15) is 4.79 Å². The highest BCUT2D eigenvalue weighted by atomic mass is 32.2. The molecule has 0 aromatic rings. The van der Waals surface area contributed by atoms with Crippen molar-refractivity contribution in [2.45, 2.75) is 37.5 Å². The molecule has 86 valence electrons. The molecule has 1 heterocycles. The Kier molecular flexibility index (Phi) is 3.57. The molecule has 2 rings (SSSR count). The van der Waals surface area contributed by atoms with Crippen LogP contribution in [0.3, 0.4) is 0 Å². The van der Waals surface area contributed by atoms with Gasteiger partial charge in [-0.25, -0.2) is 0 Å². The lowest BCUT2D eigenvalue weighted by Crippen LogP contribution is -2.54. The molecule has 0 bridgehead atoms. The molecule has 2 fully saturated rings. The Hall–Kier alpha value is -0.220. The van der Waals surface area contributed by atoms with E-state index in [-0.39, 0.29) is 5.92 Å². The van der Waals surface area contributed by atoms with Gasteiger partial charge in [0, 0.05) is 30.1 Å². The first kappa shape index (κ1) is 11.3. The van der Waals surface area contributed by atoms with Gasteiger partial charge < -0.3 is 5.11 Å². The Morgan fingerprint density at radius 3 is 2.87 bits per heavy atom. The number of carboxylic acids is 1. The summed E-state index contributed by atoms with van der Waals surface area (Å²) in [5.74, 6) is 0.476. The highest BCUT2D eigenvalue weighted by Crippen LogP contribution is 2.35. The van der Waals surface area contributed by atoms with Crippen molar-refractivity contribution in [2.75, 3.05) is 18.8 Å². The number of thioether (sulfide) groups is 1. The van der Waals surface area contributed by atoms with Crippen molar-refractivity contribution >= 4 is 17.7 Å². The molecule has 1 saturated carbocycles. The molecule has 0 radical (unpaired) electrons. The van der Waals surface area contributed by atoms with Crippen LogP contribution in [0.4, 0.5) is 0 Å². The number of carbonyl (C=O) groups is 1. The summed E-state index contributed by atoms with van der Waals surface area (Å²) in [7, 11) is 0. The summed E-state index contributed by atoms with van der Waals surface area (Å²) in [5, 5.41) is 9.74. The summed E-state index contributed by atoms with van der Waals surface area (Å²) in [4.78, 5) is 13.4. The zero-order valence-electron chi connectivity index (χ0n) is 9.19. The fourth-order valence-electron chi connectivity index (χ4n) is 2.50. The molecule has 3 nitrogen and oxygen atoms in total. The third-order valence-electron chi connectivity index (χ3n) is 3.65. The minimum atomic E-state index is -0.600. The van der Waals surface area contributed by atoms with Crippen molar-refractivity contribution < 1.29 is 9.90 Å². The predicted octanol–water partition coefficient (Wildman–Crippen LogP) is 1.68. The van der Waals surface area contributed by atoms with Crippen molar-refractivity contribution in [2.24, 2.45) is 5.92 Å². The quantitative estimate of drug-likeness (QED) is 0.799. The lowest BCUT2D eigenvalue weighted by Gasteiger charge is -2.45. The van der Waals surface area contributed by atoms with Crippen LogP contribution in [0.25, 0.3) is 0 Å². The lowest BCUT2D eigenvalue weighted by molar-refractivity contribution is -0.148. The van der Waals surface area contributed by atoms with Crippen molar-refractivity contribution in [3.05, 3.63) is 0 Å². The molecule has 1 saturated heterocycles. The summed E-state index contributed by atoms with van der Waals surface area (Å²) in [5.41, 5.74) is 0. The van der Waals surface area contributed by atoms with Gasteiger partial charge in [0.15, 0.2) is 0 Å². The molecule has 1 aliphatic heterocycles. The van der Waals surface area contributed by atoms with Crippen molar-refractivity contribution in [1.82, 2.24) is 4.90 Å². The van der Waals surface area contributed by atoms with Crippen LogP contribution in [-0.4, -0.2) is 46.1 Å². The smallest absolute Gasteiger partial charge is 0.308 e. The predicted molar refractivity (Wildman–Crippen MR) is 62.3 cm³/mol. The summed E-state index contributed by atoms with van der Waals surface area (Å²) in [6.45, 7) is 4.39.